The van der Waals surface area contributed by atoms with Crippen LogP contribution in [0.3, 0.4) is 0 Å². The number of aromatic nitrogens is 2. The van der Waals surface area contributed by atoms with Gasteiger partial charge in [-0.3, -0.25) is 9.59 Å². The Bertz CT molecular complexity index is 943. The van der Waals surface area contributed by atoms with Crippen LogP contribution in [0.5, 0.6) is 0 Å². The minimum Gasteiger partial charge on any atom is -0.342 e. The maximum atomic E-state index is 11.2. The number of piperidine rings is 1. The summed E-state index contributed by atoms with van der Waals surface area (Å²) in [5.41, 5.74) is 3.68. The average molecular weight is 362 g/mol. The molecule has 0 aliphatic carbocycles. The van der Waals surface area contributed by atoms with Crippen molar-refractivity contribution in [2.24, 2.45) is 5.92 Å². The number of benzene rings is 2. The van der Waals surface area contributed by atoms with E-state index >= 15 is 0 Å². The summed E-state index contributed by atoms with van der Waals surface area (Å²) in [6, 6.07) is 16.1. The zero-order valence-corrected chi connectivity index (χ0v) is 15.0. The highest BCUT2D eigenvalue weighted by molar-refractivity contribution is 6.29. The Morgan fingerprint density at radius 1 is 1.19 bits per heavy atom. The number of nitrogens with zero attached hydrogens (tertiary/aromatic N) is 2. The van der Waals surface area contributed by atoms with E-state index in [1.807, 2.05) is 6.07 Å². The molecule has 0 unspecified atom stereocenters. The standard InChI is InChI=1S/C21H22N4O2/c26-14-20(27)22-17-6-7-18-19(13-17)24-21(23-18)25-10-8-16(9-11-25)12-15-4-2-1-3-5-15/h1-7,13-14,16H,8-12H2,(H,22,27)(H,23,24). The molecule has 6 nitrogen and oxygen atoms in total. The van der Waals surface area contributed by atoms with E-state index in [4.69, 9.17) is 0 Å². The van der Waals surface area contributed by atoms with E-state index in [0.717, 1.165) is 49.3 Å². The minimum atomic E-state index is -0.658. The number of aldehydes is 1. The SMILES string of the molecule is O=CC(=O)Nc1ccc2nc(N3CCC(Cc4ccccc4)CC3)[nH]c2c1. The molecule has 1 aliphatic heterocycles. The molecule has 27 heavy (non-hydrogen) atoms. The van der Waals surface area contributed by atoms with Crippen molar-refractivity contribution in [3.05, 3.63) is 54.1 Å². The summed E-state index contributed by atoms with van der Waals surface area (Å²) in [5, 5.41) is 2.53. The van der Waals surface area contributed by atoms with Crippen LogP contribution in [0.15, 0.2) is 48.5 Å². The zero-order chi connectivity index (χ0) is 18.6. The second-order valence-electron chi connectivity index (χ2n) is 7.02. The number of carbonyl (C=O) groups excluding carboxylic acids is 2. The van der Waals surface area contributed by atoms with Crippen molar-refractivity contribution in [1.82, 2.24) is 9.97 Å². The quantitative estimate of drug-likeness (QED) is 0.540. The van der Waals surface area contributed by atoms with Crippen LogP contribution in [0.25, 0.3) is 11.0 Å². The third kappa shape index (κ3) is 4.00. The molecule has 138 valence electrons. The molecule has 1 fully saturated rings. The Balaban J connectivity index is 1.41. The molecule has 6 heteroatoms. The summed E-state index contributed by atoms with van der Waals surface area (Å²) in [4.78, 5) is 32.0. The fourth-order valence-electron chi connectivity index (χ4n) is 3.69. The number of hydrogen-bond donors (Lipinski definition) is 2. The summed E-state index contributed by atoms with van der Waals surface area (Å²) in [7, 11) is 0. The molecule has 0 spiro atoms. The molecule has 1 aliphatic rings. The van der Waals surface area contributed by atoms with Gasteiger partial charge in [-0.25, -0.2) is 4.98 Å². The summed E-state index contributed by atoms with van der Waals surface area (Å²) >= 11 is 0. The molecular formula is C21H22N4O2. The van der Waals surface area contributed by atoms with Crippen LogP contribution in [-0.2, 0) is 16.0 Å². The topological polar surface area (TPSA) is 78.1 Å². The Labute approximate surface area is 157 Å². The number of fused-ring (bicyclic) bond motifs is 1. The molecular weight excluding hydrogens is 340 g/mol. The van der Waals surface area contributed by atoms with E-state index < -0.39 is 5.91 Å². The van der Waals surface area contributed by atoms with Crippen LogP contribution in [0, 0.1) is 5.92 Å². The van der Waals surface area contributed by atoms with Gasteiger partial charge in [-0.2, -0.15) is 0 Å². The highest BCUT2D eigenvalue weighted by atomic mass is 16.2. The predicted molar refractivity (Wildman–Crippen MR) is 106 cm³/mol. The van der Waals surface area contributed by atoms with Gasteiger partial charge in [0, 0.05) is 18.8 Å². The van der Waals surface area contributed by atoms with Crippen molar-refractivity contribution in [2.45, 2.75) is 19.3 Å². The number of anilines is 2. The minimum absolute atomic E-state index is 0.266. The van der Waals surface area contributed by atoms with Crippen molar-refractivity contribution in [3.63, 3.8) is 0 Å². The highest BCUT2D eigenvalue weighted by Crippen LogP contribution is 2.26. The fourth-order valence-corrected chi connectivity index (χ4v) is 3.69. The van der Waals surface area contributed by atoms with E-state index in [-0.39, 0.29) is 6.29 Å². The van der Waals surface area contributed by atoms with Crippen LogP contribution < -0.4 is 10.2 Å². The van der Waals surface area contributed by atoms with Crippen molar-refractivity contribution < 1.29 is 9.59 Å². The number of carbonyl (C=O) groups is 2. The molecule has 2 heterocycles. The third-order valence-electron chi connectivity index (χ3n) is 5.13. The van der Waals surface area contributed by atoms with Gasteiger partial charge in [0.1, 0.15) is 0 Å². The lowest BCUT2D eigenvalue weighted by Gasteiger charge is -2.31. The van der Waals surface area contributed by atoms with Gasteiger partial charge in [0.2, 0.25) is 12.2 Å². The van der Waals surface area contributed by atoms with E-state index in [0.29, 0.717) is 11.6 Å². The molecule has 1 aromatic heterocycles. The monoisotopic (exact) mass is 362 g/mol. The smallest absolute Gasteiger partial charge is 0.288 e. The van der Waals surface area contributed by atoms with E-state index in [1.165, 1.54) is 5.56 Å². The van der Waals surface area contributed by atoms with Crippen LogP contribution in [0.1, 0.15) is 18.4 Å². The van der Waals surface area contributed by atoms with Crippen LogP contribution >= 0.6 is 0 Å². The van der Waals surface area contributed by atoms with Gasteiger partial charge in [-0.05, 0) is 48.9 Å². The number of rotatable bonds is 5. The van der Waals surface area contributed by atoms with Crippen molar-refractivity contribution in [1.29, 1.82) is 0 Å². The van der Waals surface area contributed by atoms with E-state index in [9.17, 15) is 9.59 Å². The Morgan fingerprint density at radius 3 is 2.70 bits per heavy atom. The van der Waals surface area contributed by atoms with E-state index in [1.54, 1.807) is 12.1 Å². The second-order valence-corrected chi connectivity index (χ2v) is 7.02. The van der Waals surface area contributed by atoms with Gasteiger partial charge < -0.3 is 15.2 Å². The number of H-pyrrole nitrogens is 1. The van der Waals surface area contributed by atoms with Gasteiger partial charge in [0.25, 0.3) is 5.91 Å². The summed E-state index contributed by atoms with van der Waals surface area (Å²) in [5.74, 6) is 0.912. The zero-order valence-electron chi connectivity index (χ0n) is 15.0. The molecule has 0 saturated carbocycles. The lowest BCUT2D eigenvalue weighted by Crippen LogP contribution is -2.35. The molecule has 1 amide bonds. The van der Waals surface area contributed by atoms with Gasteiger partial charge >= 0.3 is 0 Å². The maximum absolute atomic E-state index is 11.2. The second kappa shape index (κ2) is 7.61. The Kier molecular flexibility index (Phi) is 4.87. The van der Waals surface area contributed by atoms with Crippen LogP contribution in [0.2, 0.25) is 0 Å². The van der Waals surface area contributed by atoms with Gasteiger partial charge in [0.05, 0.1) is 11.0 Å². The molecule has 1 saturated heterocycles. The summed E-state index contributed by atoms with van der Waals surface area (Å²) in [6.07, 6.45) is 3.69. The van der Waals surface area contributed by atoms with Crippen molar-refractivity contribution >= 4 is 34.9 Å². The number of imidazole rings is 1. The third-order valence-corrected chi connectivity index (χ3v) is 5.13. The first kappa shape index (κ1) is 17.3. The molecule has 2 aromatic carbocycles. The largest absolute Gasteiger partial charge is 0.342 e. The van der Waals surface area contributed by atoms with Crippen molar-refractivity contribution in [2.75, 3.05) is 23.3 Å². The van der Waals surface area contributed by atoms with Crippen LogP contribution in [-0.4, -0.2) is 35.3 Å². The molecule has 3 aromatic rings. The molecule has 0 atom stereocenters. The van der Waals surface area contributed by atoms with Gasteiger partial charge in [-0.15, -0.1) is 0 Å². The average Bonchev–Trinajstić information content (AvgIpc) is 3.12. The van der Waals surface area contributed by atoms with Crippen LogP contribution in [0.4, 0.5) is 11.6 Å². The lowest BCUT2D eigenvalue weighted by atomic mass is 9.90. The normalized spacial score (nSPS) is 15.0. The van der Waals surface area contributed by atoms with Gasteiger partial charge in [-0.1, -0.05) is 30.3 Å². The number of aromatic amines is 1. The van der Waals surface area contributed by atoms with Gasteiger partial charge in [0.15, 0.2) is 0 Å². The van der Waals surface area contributed by atoms with Crippen molar-refractivity contribution in [3.8, 4) is 0 Å². The number of nitrogens with one attached hydrogen (secondary N) is 2. The Hall–Kier alpha value is -3.15. The molecule has 0 bridgehead atoms. The lowest BCUT2D eigenvalue weighted by molar-refractivity contribution is -0.127. The summed E-state index contributed by atoms with van der Waals surface area (Å²) < 4.78 is 0. The summed E-state index contributed by atoms with van der Waals surface area (Å²) in [6.45, 7) is 1.96. The fraction of sp³-hybridized carbons (Fsp3) is 0.286. The molecule has 2 N–H and O–H groups in total. The first-order valence-electron chi connectivity index (χ1n) is 9.26. The number of amides is 1. The first-order valence-corrected chi connectivity index (χ1v) is 9.26. The maximum Gasteiger partial charge on any atom is 0.288 e. The molecule has 0 radical (unpaired) electrons. The predicted octanol–water partition coefficient (Wildman–Crippen LogP) is 3.16. The number of hydrogen-bond acceptors (Lipinski definition) is 4. The highest BCUT2D eigenvalue weighted by Gasteiger charge is 2.21. The van der Waals surface area contributed by atoms with E-state index in [2.05, 4.69) is 50.5 Å². The first-order chi connectivity index (χ1) is 13.2. The Morgan fingerprint density at radius 2 is 1.96 bits per heavy atom. The molecule has 4 rings (SSSR count).